The van der Waals surface area contributed by atoms with E-state index >= 15 is 0 Å². The summed E-state index contributed by atoms with van der Waals surface area (Å²) in [6, 6.07) is 9.91. The van der Waals surface area contributed by atoms with E-state index in [1.165, 1.54) is 0 Å². The minimum atomic E-state index is -0.0307. The first kappa shape index (κ1) is 13.1. The summed E-state index contributed by atoms with van der Waals surface area (Å²) < 4.78 is 1.63. The molecular formula is C15H17N3O. The minimum absolute atomic E-state index is 0.0307. The molecule has 0 N–H and O–H groups in total. The maximum atomic E-state index is 12.4. The third kappa shape index (κ3) is 3.31. The number of aryl methyl sites for hydroxylation is 1. The topological polar surface area (TPSA) is 38.1 Å². The van der Waals surface area contributed by atoms with Crippen molar-refractivity contribution in [1.29, 1.82) is 0 Å². The van der Waals surface area contributed by atoms with Crippen molar-refractivity contribution in [2.75, 3.05) is 6.54 Å². The van der Waals surface area contributed by atoms with Crippen molar-refractivity contribution in [2.24, 2.45) is 7.05 Å². The lowest BCUT2D eigenvalue weighted by Gasteiger charge is -2.20. The van der Waals surface area contributed by atoms with Crippen LogP contribution in [0.25, 0.3) is 0 Å². The Morgan fingerprint density at radius 3 is 2.74 bits per heavy atom. The molecule has 0 saturated heterocycles. The molecule has 0 aliphatic carbocycles. The maximum absolute atomic E-state index is 12.4. The van der Waals surface area contributed by atoms with Gasteiger partial charge < -0.3 is 4.90 Å². The molecule has 1 aromatic carbocycles. The summed E-state index contributed by atoms with van der Waals surface area (Å²) in [5.41, 5.74) is 1.70. The van der Waals surface area contributed by atoms with E-state index in [0.717, 1.165) is 5.56 Å². The van der Waals surface area contributed by atoms with Gasteiger partial charge in [-0.1, -0.05) is 36.4 Å². The summed E-state index contributed by atoms with van der Waals surface area (Å²) in [7, 11) is 1.80. The average molecular weight is 255 g/mol. The summed E-state index contributed by atoms with van der Waals surface area (Å²) in [5, 5.41) is 4.03. The number of benzene rings is 1. The highest BCUT2D eigenvalue weighted by molar-refractivity contribution is 5.93. The number of rotatable bonds is 5. The molecule has 0 unspecified atom stereocenters. The number of carbonyl (C=O) groups excluding carboxylic acids is 1. The first-order valence-corrected chi connectivity index (χ1v) is 6.13. The van der Waals surface area contributed by atoms with E-state index < -0.39 is 0 Å². The van der Waals surface area contributed by atoms with Gasteiger partial charge in [-0.3, -0.25) is 9.48 Å². The van der Waals surface area contributed by atoms with Gasteiger partial charge in [0.15, 0.2) is 0 Å². The molecule has 0 spiro atoms. The molecule has 2 rings (SSSR count). The highest BCUT2D eigenvalue weighted by atomic mass is 16.2. The number of carbonyl (C=O) groups is 1. The smallest absolute Gasteiger partial charge is 0.257 e. The fraction of sp³-hybridized carbons (Fsp3) is 0.200. The van der Waals surface area contributed by atoms with Crippen molar-refractivity contribution in [2.45, 2.75) is 6.54 Å². The highest BCUT2D eigenvalue weighted by Gasteiger charge is 2.16. The molecule has 0 aliphatic heterocycles. The van der Waals surface area contributed by atoms with Gasteiger partial charge in [-0.15, -0.1) is 6.58 Å². The van der Waals surface area contributed by atoms with Crippen molar-refractivity contribution in [3.63, 3.8) is 0 Å². The van der Waals surface area contributed by atoms with Crippen molar-refractivity contribution in [1.82, 2.24) is 14.7 Å². The Kier molecular flexibility index (Phi) is 4.13. The molecule has 0 bridgehead atoms. The summed E-state index contributed by atoms with van der Waals surface area (Å²) in [5.74, 6) is -0.0307. The summed E-state index contributed by atoms with van der Waals surface area (Å²) in [6.07, 6.45) is 5.05. The molecule has 0 atom stereocenters. The Hall–Kier alpha value is -2.36. The lowest BCUT2D eigenvalue weighted by molar-refractivity contribution is 0.0762. The molecule has 0 aliphatic rings. The summed E-state index contributed by atoms with van der Waals surface area (Å²) >= 11 is 0. The molecule has 98 valence electrons. The van der Waals surface area contributed by atoms with E-state index in [9.17, 15) is 4.79 Å². The van der Waals surface area contributed by atoms with Crippen molar-refractivity contribution >= 4 is 5.91 Å². The Labute approximate surface area is 113 Å². The molecule has 0 fully saturated rings. The van der Waals surface area contributed by atoms with Gasteiger partial charge in [0, 0.05) is 26.3 Å². The first-order valence-electron chi connectivity index (χ1n) is 6.13. The molecule has 4 nitrogen and oxygen atoms in total. The molecule has 4 heteroatoms. The second-order valence-electron chi connectivity index (χ2n) is 4.36. The Bertz CT molecular complexity index is 560. The second-order valence-corrected chi connectivity index (χ2v) is 4.36. The predicted molar refractivity (Wildman–Crippen MR) is 74.6 cm³/mol. The van der Waals surface area contributed by atoms with Crippen molar-refractivity contribution in [3.8, 4) is 0 Å². The van der Waals surface area contributed by atoms with E-state index in [0.29, 0.717) is 18.7 Å². The van der Waals surface area contributed by atoms with Crippen LogP contribution in [0.15, 0.2) is 55.4 Å². The van der Waals surface area contributed by atoms with E-state index in [-0.39, 0.29) is 5.91 Å². The van der Waals surface area contributed by atoms with E-state index in [1.54, 1.807) is 35.1 Å². The molecule has 19 heavy (non-hydrogen) atoms. The number of aromatic nitrogens is 2. The van der Waals surface area contributed by atoms with Crippen molar-refractivity contribution < 1.29 is 4.79 Å². The van der Waals surface area contributed by atoms with Crippen LogP contribution in [-0.4, -0.2) is 27.1 Å². The van der Waals surface area contributed by atoms with E-state index in [4.69, 9.17) is 0 Å². The molecule has 2 aromatic rings. The number of amides is 1. The molecular weight excluding hydrogens is 238 g/mol. The van der Waals surface area contributed by atoms with Crippen LogP contribution in [0.2, 0.25) is 0 Å². The maximum Gasteiger partial charge on any atom is 0.257 e. The van der Waals surface area contributed by atoms with E-state index in [1.807, 2.05) is 30.3 Å². The monoisotopic (exact) mass is 255 g/mol. The Morgan fingerprint density at radius 1 is 1.42 bits per heavy atom. The fourth-order valence-electron chi connectivity index (χ4n) is 1.89. The fourth-order valence-corrected chi connectivity index (χ4v) is 1.89. The summed E-state index contributed by atoms with van der Waals surface area (Å²) in [6.45, 7) is 4.80. The minimum Gasteiger partial charge on any atom is -0.331 e. The SMILES string of the molecule is C=CCN(Cc1ccccc1)C(=O)c1cnn(C)c1. The molecule has 1 aromatic heterocycles. The van der Waals surface area contributed by atoms with Gasteiger partial charge in [-0.05, 0) is 5.56 Å². The van der Waals surface area contributed by atoms with Crippen LogP contribution in [0.4, 0.5) is 0 Å². The largest absolute Gasteiger partial charge is 0.331 e. The van der Waals surface area contributed by atoms with Gasteiger partial charge in [-0.2, -0.15) is 5.10 Å². The van der Waals surface area contributed by atoms with Crippen LogP contribution in [0.5, 0.6) is 0 Å². The second kappa shape index (κ2) is 6.00. The lowest BCUT2D eigenvalue weighted by Crippen LogP contribution is -2.30. The van der Waals surface area contributed by atoms with Crippen LogP contribution in [0, 0.1) is 0 Å². The van der Waals surface area contributed by atoms with Gasteiger partial charge in [0.2, 0.25) is 0 Å². The van der Waals surface area contributed by atoms with Gasteiger partial charge in [0.25, 0.3) is 5.91 Å². The highest BCUT2D eigenvalue weighted by Crippen LogP contribution is 2.09. The zero-order valence-electron chi connectivity index (χ0n) is 11.0. The Balaban J connectivity index is 2.15. The van der Waals surface area contributed by atoms with Crippen LogP contribution < -0.4 is 0 Å². The Morgan fingerprint density at radius 2 is 2.16 bits per heavy atom. The number of hydrogen-bond acceptors (Lipinski definition) is 2. The van der Waals surface area contributed by atoms with Gasteiger partial charge in [0.1, 0.15) is 0 Å². The van der Waals surface area contributed by atoms with Crippen molar-refractivity contribution in [3.05, 3.63) is 66.5 Å². The van der Waals surface area contributed by atoms with Gasteiger partial charge in [0.05, 0.1) is 11.8 Å². The van der Waals surface area contributed by atoms with Gasteiger partial charge in [-0.25, -0.2) is 0 Å². The molecule has 1 amide bonds. The average Bonchev–Trinajstić information content (AvgIpc) is 2.85. The zero-order chi connectivity index (χ0) is 13.7. The predicted octanol–water partition coefficient (Wildman–Crippen LogP) is 2.25. The quantitative estimate of drug-likeness (QED) is 0.769. The number of hydrogen-bond donors (Lipinski definition) is 0. The zero-order valence-corrected chi connectivity index (χ0v) is 11.0. The van der Waals surface area contributed by atoms with Gasteiger partial charge >= 0.3 is 0 Å². The lowest BCUT2D eigenvalue weighted by atomic mass is 10.2. The normalized spacial score (nSPS) is 10.2. The number of nitrogens with zero attached hydrogens (tertiary/aromatic N) is 3. The van der Waals surface area contributed by atoms with E-state index in [2.05, 4.69) is 11.7 Å². The molecule has 1 heterocycles. The standard InChI is InChI=1S/C15H17N3O/c1-3-9-18(11-13-7-5-4-6-8-13)15(19)14-10-16-17(2)12-14/h3-8,10,12H,1,9,11H2,2H3. The van der Waals surface area contributed by atoms with Crippen LogP contribution >= 0.6 is 0 Å². The molecule has 0 radical (unpaired) electrons. The first-order chi connectivity index (χ1) is 9.20. The van der Waals surface area contributed by atoms with Crippen LogP contribution in [0.1, 0.15) is 15.9 Å². The van der Waals surface area contributed by atoms with Crippen LogP contribution in [-0.2, 0) is 13.6 Å². The summed E-state index contributed by atoms with van der Waals surface area (Å²) in [4.78, 5) is 14.1. The third-order valence-electron chi connectivity index (χ3n) is 2.80. The third-order valence-corrected chi connectivity index (χ3v) is 2.80. The van der Waals surface area contributed by atoms with Crippen LogP contribution in [0.3, 0.4) is 0 Å². The molecule has 0 saturated carbocycles.